The standard InChI is InChI=1S/C10H10ClIN4/c11-9-8-7(12)4-16(6-1-2-13-3-6)10(8)15-5-14-9/h4-6,13H,1-3H2/t6-/m0/s1. The summed E-state index contributed by atoms with van der Waals surface area (Å²) in [6, 6.07) is 0.483. The first kappa shape index (κ1) is 10.7. The summed E-state index contributed by atoms with van der Waals surface area (Å²) in [5, 5.41) is 4.87. The zero-order valence-electron chi connectivity index (χ0n) is 8.45. The van der Waals surface area contributed by atoms with Gasteiger partial charge in [0, 0.05) is 22.4 Å². The number of nitrogens with one attached hydrogen (secondary N) is 1. The van der Waals surface area contributed by atoms with E-state index in [-0.39, 0.29) is 0 Å². The number of hydrogen-bond acceptors (Lipinski definition) is 3. The SMILES string of the molecule is Clc1ncnc2c1c(I)cn2[C@H]1CCNC1. The molecule has 3 rings (SSSR count). The normalized spacial score (nSPS) is 20.8. The van der Waals surface area contributed by atoms with E-state index in [4.69, 9.17) is 11.6 Å². The van der Waals surface area contributed by atoms with E-state index in [1.807, 2.05) is 0 Å². The number of hydrogen-bond donors (Lipinski definition) is 1. The molecule has 0 unspecified atom stereocenters. The molecule has 16 heavy (non-hydrogen) atoms. The van der Waals surface area contributed by atoms with Gasteiger partial charge in [0.05, 0.1) is 5.39 Å². The summed E-state index contributed by atoms with van der Waals surface area (Å²) in [5.41, 5.74) is 0.943. The van der Waals surface area contributed by atoms with Crippen molar-refractivity contribution < 1.29 is 0 Å². The van der Waals surface area contributed by atoms with Crippen LogP contribution in [0.5, 0.6) is 0 Å². The molecule has 0 amide bonds. The molecule has 3 heterocycles. The topological polar surface area (TPSA) is 42.7 Å². The van der Waals surface area contributed by atoms with Crippen LogP contribution in [0.3, 0.4) is 0 Å². The van der Waals surface area contributed by atoms with E-state index in [2.05, 4.69) is 48.6 Å². The first-order valence-electron chi connectivity index (χ1n) is 5.14. The average Bonchev–Trinajstić information content (AvgIpc) is 2.86. The molecule has 0 bridgehead atoms. The molecular formula is C10H10ClIN4. The molecule has 0 spiro atoms. The number of fused-ring (bicyclic) bond motifs is 1. The summed E-state index contributed by atoms with van der Waals surface area (Å²) in [7, 11) is 0. The van der Waals surface area contributed by atoms with Crippen molar-refractivity contribution >= 4 is 45.2 Å². The molecule has 0 aromatic carbocycles. The molecule has 84 valence electrons. The quantitative estimate of drug-likeness (QED) is 0.635. The first-order chi connectivity index (χ1) is 7.77. The largest absolute Gasteiger partial charge is 0.327 e. The molecular weight excluding hydrogens is 338 g/mol. The van der Waals surface area contributed by atoms with Crippen LogP contribution in [0.1, 0.15) is 12.5 Å². The second-order valence-electron chi connectivity index (χ2n) is 3.89. The maximum Gasteiger partial charge on any atom is 0.146 e. The van der Waals surface area contributed by atoms with Gasteiger partial charge in [0.25, 0.3) is 0 Å². The first-order valence-corrected chi connectivity index (χ1v) is 6.60. The lowest BCUT2D eigenvalue weighted by molar-refractivity contribution is 0.561. The lowest BCUT2D eigenvalue weighted by atomic mass is 10.2. The third-order valence-electron chi connectivity index (χ3n) is 2.94. The maximum absolute atomic E-state index is 6.10. The van der Waals surface area contributed by atoms with Crippen LogP contribution in [-0.2, 0) is 0 Å². The van der Waals surface area contributed by atoms with Crippen molar-refractivity contribution in [2.75, 3.05) is 13.1 Å². The molecule has 1 aliphatic heterocycles. The Morgan fingerprint density at radius 1 is 1.50 bits per heavy atom. The van der Waals surface area contributed by atoms with Crippen LogP contribution < -0.4 is 5.32 Å². The van der Waals surface area contributed by atoms with Crippen molar-refractivity contribution in [3.63, 3.8) is 0 Å². The minimum atomic E-state index is 0.483. The van der Waals surface area contributed by atoms with Crippen LogP contribution in [0.2, 0.25) is 5.15 Å². The van der Waals surface area contributed by atoms with Gasteiger partial charge < -0.3 is 9.88 Å². The van der Waals surface area contributed by atoms with Crippen molar-refractivity contribution in [1.82, 2.24) is 19.9 Å². The molecule has 2 aromatic rings. The van der Waals surface area contributed by atoms with Gasteiger partial charge in [0.2, 0.25) is 0 Å². The summed E-state index contributed by atoms with van der Waals surface area (Å²) in [6.45, 7) is 2.07. The van der Waals surface area contributed by atoms with E-state index in [1.54, 1.807) is 0 Å². The van der Waals surface area contributed by atoms with E-state index in [0.717, 1.165) is 34.1 Å². The molecule has 0 aliphatic carbocycles. The van der Waals surface area contributed by atoms with Crippen LogP contribution in [0.25, 0.3) is 11.0 Å². The molecule has 1 saturated heterocycles. The Balaban J connectivity index is 2.22. The summed E-state index contributed by atoms with van der Waals surface area (Å²) in [5.74, 6) is 0. The van der Waals surface area contributed by atoms with Gasteiger partial charge in [-0.25, -0.2) is 9.97 Å². The Kier molecular flexibility index (Phi) is 2.76. The highest BCUT2D eigenvalue weighted by Crippen LogP contribution is 2.30. The summed E-state index contributed by atoms with van der Waals surface area (Å²) in [4.78, 5) is 8.37. The van der Waals surface area contributed by atoms with Crippen LogP contribution in [0.4, 0.5) is 0 Å². The van der Waals surface area contributed by atoms with Crippen molar-refractivity contribution in [2.24, 2.45) is 0 Å². The number of nitrogens with zero attached hydrogens (tertiary/aromatic N) is 3. The molecule has 2 aromatic heterocycles. The van der Waals surface area contributed by atoms with Crippen molar-refractivity contribution in [2.45, 2.75) is 12.5 Å². The van der Waals surface area contributed by atoms with Gasteiger partial charge in [-0.1, -0.05) is 11.6 Å². The summed E-state index contributed by atoms with van der Waals surface area (Å²) >= 11 is 8.38. The second kappa shape index (κ2) is 4.12. The van der Waals surface area contributed by atoms with Crippen LogP contribution in [-0.4, -0.2) is 27.6 Å². The highest BCUT2D eigenvalue weighted by atomic mass is 127. The molecule has 1 atom stereocenters. The van der Waals surface area contributed by atoms with Gasteiger partial charge in [-0.2, -0.15) is 0 Å². The lowest BCUT2D eigenvalue weighted by Crippen LogP contribution is -2.12. The maximum atomic E-state index is 6.10. The summed E-state index contributed by atoms with van der Waals surface area (Å²) in [6.07, 6.45) is 4.78. The molecule has 1 aliphatic rings. The molecule has 1 fully saturated rings. The Morgan fingerprint density at radius 3 is 3.12 bits per heavy atom. The molecule has 0 saturated carbocycles. The molecule has 0 radical (unpaired) electrons. The monoisotopic (exact) mass is 348 g/mol. The van der Waals surface area contributed by atoms with E-state index < -0.39 is 0 Å². The van der Waals surface area contributed by atoms with Gasteiger partial charge >= 0.3 is 0 Å². The lowest BCUT2D eigenvalue weighted by Gasteiger charge is -2.11. The highest BCUT2D eigenvalue weighted by Gasteiger charge is 2.21. The fourth-order valence-electron chi connectivity index (χ4n) is 2.16. The van der Waals surface area contributed by atoms with Crippen molar-refractivity contribution in [3.8, 4) is 0 Å². The van der Waals surface area contributed by atoms with Gasteiger partial charge in [0.1, 0.15) is 17.1 Å². The minimum absolute atomic E-state index is 0.483. The number of rotatable bonds is 1. The molecule has 6 heteroatoms. The van der Waals surface area contributed by atoms with Crippen LogP contribution >= 0.6 is 34.2 Å². The summed E-state index contributed by atoms with van der Waals surface area (Å²) < 4.78 is 3.33. The number of aromatic nitrogens is 3. The van der Waals surface area contributed by atoms with Crippen molar-refractivity contribution in [1.29, 1.82) is 0 Å². The van der Waals surface area contributed by atoms with E-state index in [0.29, 0.717) is 11.2 Å². The minimum Gasteiger partial charge on any atom is -0.327 e. The predicted octanol–water partition coefficient (Wildman–Crippen LogP) is 2.22. The van der Waals surface area contributed by atoms with Gasteiger partial charge in [0.15, 0.2) is 0 Å². The Morgan fingerprint density at radius 2 is 2.38 bits per heavy atom. The smallest absolute Gasteiger partial charge is 0.146 e. The van der Waals surface area contributed by atoms with Gasteiger partial charge in [-0.3, -0.25) is 0 Å². The fraction of sp³-hybridized carbons (Fsp3) is 0.400. The number of halogens is 2. The predicted molar refractivity (Wildman–Crippen MR) is 71.8 cm³/mol. The Bertz CT molecular complexity index is 533. The van der Waals surface area contributed by atoms with Crippen LogP contribution in [0, 0.1) is 3.57 Å². The van der Waals surface area contributed by atoms with E-state index in [1.165, 1.54) is 6.33 Å². The zero-order valence-corrected chi connectivity index (χ0v) is 11.4. The third kappa shape index (κ3) is 1.61. The van der Waals surface area contributed by atoms with E-state index in [9.17, 15) is 0 Å². The molecule has 1 N–H and O–H groups in total. The Hall–Kier alpha value is -0.400. The van der Waals surface area contributed by atoms with Gasteiger partial charge in [-0.15, -0.1) is 0 Å². The van der Waals surface area contributed by atoms with E-state index >= 15 is 0 Å². The zero-order chi connectivity index (χ0) is 11.1. The Labute approximate surface area is 112 Å². The average molecular weight is 349 g/mol. The molecule has 4 nitrogen and oxygen atoms in total. The van der Waals surface area contributed by atoms with Crippen molar-refractivity contribution in [3.05, 3.63) is 21.2 Å². The fourth-order valence-corrected chi connectivity index (χ4v) is 3.35. The van der Waals surface area contributed by atoms with Crippen LogP contribution in [0.15, 0.2) is 12.5 Å². The highest BCUT2D eigenvalue weighted by molar-refractivity contribution is 14.1. The van der Waals surface area contributed by atoms with Gasteiger partial charge in [-0.05, 0) is 35.6 Å². The second-order valence-corrected chi connectivity index (χ2v) is 5.41. The third-order valence-corrected chi connectivity index (χ3v) is 4.05.